The van der Waals surface area contributed by atoms with Gasteiger partial charge in [0.1, 0.15) is 18.1 Å². The third-order valence-electron chi connectivity index (χ3n) is 3.39. The zero-order chi connectivity index (χ0) is 21.0. The van der Waals surface area contributed by atoms with Gasteiger partial charge in [-0.2, -0.15) is 24.4 Å². The van der Waals surface area contributed by atoms with Crippen molar-refractivity contribution in [1.29, 1.82) is 0 Å². The number of carboxylic acid groups (broad SMARTS) is 1. The SMILES string of the molecule is CSCCC(NC(=O)C(CO)NC(=O)C(N)CS)C(=O)NC(CO)C(=O)O. The molecule has 0 saturated heterocycles. The van der Waals surface area contributed by atoms with Gasteiger partial charge in [0.15, 0.2) is 0 Å². The van der Waals surface area contributed by atoms with E-state index in [1.165, 1.54) is 11.8 Å². The van der Waals surface area contributed by atoms with E-state index in [1.54, 1.807) is 6.26 Å². The molecule has 4 atom stereocenters. The van der Waals surface area contributed by atoms with Gasteiger partial charge in [-0.05, 0) is 18.4 Å². The van der Waals surface area contributed by atoms with Gasteiger partial charge in [-0.25, -0.2) is 4.79 Å². The Morgan fingerprint density at radius 2 is 1.44 bits per heavy atom. The zero-order valence-corrected chi connectivity index (χ0v) is 16.5. The van der Waals surface area contributed by atoms with Gasteiger partial charge in [-0.3, -0.25) is 14.4 Å². The summed E-state index contributed by atoms with van der Waals surface area (Å²) < 4.78 is 0. The second-order valence-corrected chi connectivity index (χ2v) is 6.81. The molecule has 0 aromatic heterocycles. The minimum absolute atomic E-state index is 0.0299. The van der Waals surface area contributed by atoms with Crippen molar-refractivity contribution in [2.24, 2.45) is 5.73 Å². The monoisotopic (exact) mass is 426 g/mol. The van der Waals surface area contributed by atoms with Crippen molar-refractivity contribution in [2.45, 2.75) is 30.6 Å². The van der Waals surface area contributed by atoms with Crippen LogP contribution in [-0.4, -0.2) is 94.2 Å². The van der Waals surface area contributed by atoms with E-state index in [4.69, 9.17) is 15.9 Å². The van der Waals surface area contributed by atoms with Crippen LogP contribution in [0, 0.1) is 0 Å². The molecule has 13 heteroatoms. The fourth-order valence-corrected chi connectivity index (χ4v) is 2.43. The van der Waals surface area contributed by atoms with Crippen molar-refractivity contribution in [2.75, 3.05) is 31.0 Å². The van der Waals surface area contributed by atoms with Crippen molar-refractivity contribution in [1.82, 2.24) is 16.0 Å². The smallest absolute Gasteiger partial charge is 0.328 e. The summed E-state index contributed by atoms with van der Waals surface area (Å²) in [6.07, 6.45) is 1.94. The highest BCUT2D eigenvalue weighted by Gasteiger charge is 2.29. The molecule has 0 heterocycles. The number of nitrogens with two attached hydrogens (primary N) is 1. The highest BCUT2D eigenvalue weighted by molar-refractivity contribution is 7.98. The zero-order valence-electron chi connectivity index (χ0n) is 14.8. The van der Waals surface area contributed by atoms with Gasteiger partial charge < -0.3 is 37.0 Å². The molecule has 0 fully saturated rings. The summed E-state index contributed by atoms with van der Waals surface area (Å²) in [6.45, 7) is -1.55. The average Bonchev–Trinajstić information content (AvgIpc) is 2.65. The molecule has 0 aliphatic rings. The van der Waals surface area contributed by atoms with Gasteiger partial charge in [-0.15, -0.1) is 0 Å². The largest absolute Gasteiger partial charge is 0.480 e. The molecule has 0 aromatic carbocycles. The quantitative estimate of drug-likeness (QED) is 0.138. The second-order valence-electron chi connectivity index (χ2n) is 5.46. The number of carbonyl (C=O) groups excluding carboxylic acids is 3. The van der Waals surface area contributed by atoms with Crippen molar-refractivity contribution in [3.63, 3.8) is 0 Å². The summed E-state index contributed by atoms with van der Waals surface area (Å²) in [5.74, 6) is -3.28. The Hall–Kier alpha value is -1.54. The molecule has 0 spiro atoms. The van der Waals surface area contributed by atoms with Crippen molar-refractivity contribution < 1.29 is 34.5 Å². The highest BCUT2D eigenvalue weighted by Crippen LogP contribution is 2.03. The van der Waals surface area contributed by atoms with Crippen LogP contribution in [0.2, 0.25) is 0 Å². The van der Waals surface area contributed by atoms with Gasteiger partial charge in [0, 0.05) is 5.75 Å². The molecule has 0 aliphatic heterocycles. The van der Waals surface area contributed by atoms with Crippen molar-refractivity contribution in [3.8, 4) is 0 Å². The Bertz CT molecular complexity index is 524. The van der Waals surface area contributed by atoms with E-state index >= 15 is 0 Å². The minimum Gasteiger partial charge on any atom is -0.480 e. The Morgan fingerprint density at radius 1 is 0.963 bits per heavy atom. The normalized spacial score (nSPS) is 15.1. The van der Waals surface area contributed by atoms with Crippen LogP contribution in [0.5, 0.6) is 0 Å². The van der Waals surface area contributed by atoms with E-state index in [0.717, 1.165) is 0 Å². The number of carboxylic acids is 1. The summed E-state index contributed by atoms with van der Waals surface area (Å²) in [6, 6.07) is -4.97. The maximum absolute atomic E-state index is 12.3. The first-order valence-electron chi connectivity index (χ1n) is 7.92. The predicted molar refractivity (Wildman–Crippen MR) is 102 cm³/mol. The first-order valence-corrected chi connectivity index (χ1v) is 9.95. The molecule has 0 rings (SSSR count). The fraction of sp³-hybridized carbons (Fsp3) is 0.714. The number of aliphatic carboxylic acids is 1. The standard InChI is InChI=1S/C14H26N4O7S2/c1-27-3-2-8(12(22)18-10(5-20)14(24)25)16-13(23)9(4-19)17-11(21)7(15)6-26/h7-10,19-20,26H,2-6,15H2,1H3,(H,16,23)(H,17,21)(H,18,22)(H,24,25). The number of hydrogen-bond acceptors (Lipinski definition) is 9. The molecule has 0 aliphatic carbocycles. The van der Waals surface area contributed by atoms with Crippen LogP contribution in [0.15, 0.2) is 0 Å². The number of aliphatic hydroxyl groups is 2. The van der Waals surface area contributed by atoms with Crippen LogP contribution < -0.4 is 21.7 Å². The number of hydrogen-bond donors (Lipinski definition) is 8. The number of aliphatic hydroxyl groups excluding tert-OH is 2. The molecular formula is C14H26N4O7S2. The number of carbonyl (C=O) groups is 4. The summed E-state index contributed by atoms with van der Waals surface area (Å²) >= 11 is 5.26. The highest BCUT2D eigenvalue weighted by atomic mass is 32.2. The fourth-order valence-electron chi connectivity index (χ4n) is 1.79. The topological polar surface area (TPSA) is 191 Å². The second kappa shape index (κ2) is 13.6. The van der Waals surface area contributed by atoms with E-state index in [9.17, 15) is 24.3 Å². The first-order chi connectivity index (χ1) is 12.7. The molecule has 27 heavy (non-hydrogen) atoms. The number of nitrogens with one attached hydrogen (secondary N) is 3. The van der Waals surface area contributed by atoms with Gasteiger partial charge in [0.2, 0.25) is 17.7 Å². The Labute approximate surface area is 166 Å². The van der Waals surface area contributed by atoms with Gasteiger partial charge >= 0.3 is 5.97 Å². The molecule has 11 nitrogen and oxygen atoms in total. The van der Waals surface area contributed by atoms with E-state index in [0.29, 0.717) is 5.75 Å². The van der Waals surface area contributed by atoms with E-state index in [2.05, 4.69) is 28.6 Å². The number of thioether (sulfide) groups is 1. The molecule has 0 radical (unpaired) electrons. The van der Waals surface area contributed by atoms with Crippen LogP contribution in [-0.2, 0) is 19.2 Å². The summed E-state index contributed by atoms with van der Waals surface area (Å²) in [4.78, 5) is 47.2. The third-order valence-corrected chi connectivity index (χ3v) is 4.43. The van der Waals surface area contributed by atoms with Gasteiger partial charge in [0.05, 0.1) is 19.3 Å². The summed E-state index contributed by atoms with van der Waals surface area (Å²) in [5, 5.41) is 33.9. The molecule has 4 unspecified atom stereocenters. The minimum atomic E-state index is -1.52. The number of thiol groups is 1. The molecule has 0 bridgehead atoms. The average molecular weight is 427 g/mol. The van der Waals surface area contributed by atoms with Gasteiger partial charge in [-0.1, -0.05) is 0 Å². The first kappa shape index (κ1) is 25.5. The Morgan fingerprint density at radius 3 is 1.89 bits per heavy atom. The Balaban J connectivity index is 5.07. The number of amides is 3. The van der Waals surface area contributed by atoms with Crippen LogP contribution in [0.4, 0.5) is 0 Å². The number of rotatable bonds is 13. The van der Waals surface area contributed by atoms with Crippen LogP contribution in [0.3, 0.4) is 0 Å². The van der Waals surface area contributed by atoms with Crippen LogP contribution >= 0.6 is 24.4 Å². The van der Waals surface area contributed by atoms with Crippen LogP contribution in [0.1, 0.15) is 6.42 Å². The van der Waals surface area contributed by atoms with E-state index in [-0.39, 0.29) is 12.2 Å². The molecule has 0 aromatic rings. The van der Waals surface area contributed by atoms with Crippen molar-refractivity contribution >= 4 is 48.1 Å². The van der Waals surface area contributed by atoms with E-state index in [1.807, 2.05) is 0 Å². The molecular weight excluding hydrogens is 400 g/mol. The maximum Gasteiger partial charge on any atom is 0.328 e. The molecule has 0 saturated carbocycles. The lowest BCUT2D eigenvalue weighted by Gasteiger charge is -2.23. The molecule has 156 valence electrons. The maximum atomic E-state index is 12.3. The summed E-state index contributed by atoms with van der Waals surface area (Å²) in [7, 11) is 0. The predicted octanol–water partition coefficient (Wildman–Crippen LogP) is -3.48. The summed E-state index contributed by atoms with van der Waals surface area (Å²) in [5.41, 5.74) is 5.49. The lowest BCUT2D eigenvalue weighted by molar-refractivity contribution is -0.143. The lowest BCUT2D eigenvalue weighted by Crippen LogP contribution is -2.58. The van der Waals surface area contributed by atoms with E-state index < -0.39 is 61.1 Å². The van der Waals surface area contributed by atoms with Crippen molar-refractivity contribution in [3.05, 3.63) is 0 Å². The molecule has 3 amide bonds. The van der Waals surface area contributed by atoms with Crippen LogP contribution in [0.25, 0.3) is 0 Å². The molecule has 8 N–H and O–H groups in total. The lowest BCUT2D eigenvalue weighted by atomic mass is 10.1. The third kappa shape index (κ3) is 9.28. The Kier molecular flexibility index (Phi) is 12.8. The van der Waals surface area contributed by atoms with Gasteiger partial charge in [0.25, 0.3) is 0 Å².